The molecule has 0 aliphatic carbocycles. The van der Waals surface area contributed by atoms with Crippen LogP contribution in [-0.4, -0.2) is 40.9 Å². The molecule has 1 aliphatic rings. The highest BCUT2D eigenvalue weighted by molar-refractivity contribution is 9.09. The van der Waals surface area contributed by atoms with Crippen LogP contribution in [0.2, 0.25) is 0 Å². The highest BCUT2D eigenvalue weighted by Crippen LogP contribution is 2.17. The molecule has 1 N–H and O–H groups in total. The van der Waals surface area contributed by atoms with Crippen molar-refractivity contribution in [2.24, 2.45) is 5.92 Å². The van der Waals surface area contributed by atoms with E-state index in [2.05, 4.69) is 15.9 Å². The molecule has 4 heteroatoms. The Balaban J connectivity index is 2.30. The van der Waals surface area contributed by atoms with E-state index in [-0.39, 0.29) is 6.54 Å². The summed E-state index contributed by atoms with van der Waals surface area (Å²) >= 11 is 3.43. The Kier molecular flexibility index (Phi) is 4.01. The van der Waals surface area contributed by atoms with Gasteiger partial charge in [-0.05, 0) is 25.3 Å². The van der Waals surface area contributed by atoms with Gasteiger partial charge in [-0.1, -0.05) is 15.9 Å². The summed E-state index contributed by atoms with van der Waals surface area (Å²) in [6, 6.07) is 0. The first kappa shape index (κ1) is 9.99. The molecule has 1 rings (SSSR count). The zero-order valence-corrected chi connectivity index (χ0v) is 8.59. The van der Waals surface area contributed by atoms with E-state index in [1.54, 1.807) is 0 Å². The summed E-state index contributed by atoms with van der Waals surface area (Å²) in [5.74, 6) is -0.0803. The summed E-state index contributed by atoms with van der Waals surface area (Å²) in [7, 11) is 0. The monoisotopic (exact) mass is 235 g/mol. The lowest BCUT2D eigenvalue weighted by Gasteiger charge is -2.30. The van der Waals surface area contributed by atoms with Crippen LogP contribution in [0.15, 0.2) is 0 Å². The second kappa shape index (κ2) is 4.82. The van der Waals surface area contributed by atoms with E-state index in [1.807, 2.05) is 4.90 Å². The summed E-state index contributed by atoms with van der Waals surface area (Å²) in [6.45, 7) is 2.07. The van der Waals surface area contributed by atoms with Gasteiger partial charge in [0.25, 0.3) is 0 Å². The first-order chi connectivity index (χ1) is 5.72. The summed E-state index contributed by atoms with van der Waals surface area (Å²) < 4.78 is 0. The Morgan fingerprint density at radius 1 is 1.67 bits per heavy atom. The number of likely N-dealkylation sites (tertiary alicyclic amines) is 1. The number of carboxylic acid groups (broad SMARTS) is 1. The van der Waals surface area contributed by atoms with E-state index in [4.69, 9.17) is 5.11 Å². The maximum Gasteiger partial charge on any atom is 0.317 e. The minimum atomic E-state index is -0.717. The van der Waals surface area contributed by atoms with Crippen molar-refractivity contribution in [2.75, 3.05) is 25.0 Å². The molecule has 0 aromatic carbocycles. The number of hydrogen-bond acceptors (Lipinski definition) is 2. The normalized spacial score (nSPS) is 25.6. The molecule has 0 radical (unpaired) electrons. The van der Waals surface area contributed by atoms with Gasteiger partial charge in [0.1, 0.15) is 0 Å². The number of carbonyl (C=O) groups is 1. The Hall–Kier alpha value is -0.0900. The van der Waals surface area contributed by atoms with Gasteiger partial charge >= 0.3 is 5.97 Å². The highest BCUT2D eigenvalue weighted by atomic mass is 79.9. The SMILES string of the molecule is O=C(O)CN1CCCC(CBr)C1. The molecule has 1 atom stereocenters. The fourth-order valence-electron chi connectivity index (χ4n) is 1.61. The van der Waals surface area contributed by atoms with E-state index < -0.39 is 5.97 Å². The molecular formula is C8H14BrNO2. The fraction of sp³-hybridized carbons (Fsp3) is 0.875. The predicted molar refractivity (Wildman–Crippen MR) is 50.6 cm³/mol. The lowest BCUT2D eigenvalue weighted by atomic mass is 10.0. The van der Waals surface area contributed by atoms with Gasteiger partial charge in [0, 0.05) is 11.9 Å². The van der Waals surface area contributed by atoms with Crippen molar-refractivity contribution >= 4 is 21.9 Å². The minimum absolute atomic E-state index is 0.198. The summed E-state index contributed by atoms with van der Waals surface area (Å²) in [4.78, 5) is 12.4. The number of aliphatic carboxylic acids is 1. The lowest BCUT2D eigenvalue weighted by molar-refractivity contribution is -0.138. The average molecular weight is 236 g/mol. The Bertz CT molecular complexity index is 163. The smallest absolute Gasteiger partial charge is 0.317 e. The molecule has 1 saturated heterocycles. The second-order valence-electron chi connectivity index (χ2n) is 3.29. The molecule has 1 unspecified atom stereocenters. The maximum absolute atomic E-state index is 10.4. The molecule has 3 nitrogen and oxygen atoms in total. The van der Waals surface area contributed by atoms with Crippen LogP contribution >= 0.6 is 15.9 Å². The second-order valence-corrected chi connectivity index (χ2v) is 3.94. The molecular weight excluding hydrogens is 222 g/mol. The Labute approximate surface area is 80.9 Å². The van der Waals surface area contributed by atoms with Crippen LogP contribution in [0.4, 0.5) is 0 Å². The van der Waals surface area contributed by atoms with Gasteiger partial charge in [-0.3, -0.25) is 9.69 Å². The number of piperidine rings is 1. The van der Waals surface area contributed by atoms with Gasteiger partial charge in [-0.2, -0.15) is 0 Å². The fourth-order valence-corrected chi connectivity index (χ4v) is 2.14. The van der Waals surface area contributed by atoms with Gasteiger partial charge in [-0.25, -0.2) is 0 Å². The molecule has 1 aliphatic heterocycles. The van der Waals surface area contributed by atoms with Crippen LogP contribution in [0.1, 0.15) is 12.8 Å². The molecule has 0 saturated carbocycles. The number of hydrogen-bond donors (Lipinski definition) is 1. The van der Waals surface area contributed by atoms with Crippen LogP contribution in [0.3, 0.4) is 0 Å². The van der Waals surface area contributed by atoms with Gasteiger partial charge in [0.15, 0.2) is 0 Å². The van der Waals surface area contributed by atoms with Crippen LogP contribution in [0, 0.1) is 5.92 Å². The third kappa shape index (κ3) is 3.11. The van der Waals surface area contributed by atoms with Crippen molar-refractivity contribution < 1.29 is 9.90 Å². The van der Waals surface area contributed by atoms with Crippen molar-refractivity contribution in [3.8, 4) is 0 Å². The van der Waals surface area contributed by atoms with Crippen molar-refractivity contribution in [3.05, 3.63) is 0 Å². The third-order valence-electron chi connectivity index (χ3n) is 2.18. The van der Waals surface area contributed by atoms with Crippen LogP contribution in [0.5, 0.6) is 0 Å². The van der Waals surface area contributed by atoms with E-state index >= 15 is 0 Å². The van der Waals surface area contributed by atoms with E-state index in [0.717, 1.165) is 24.8 Å². The lowest BCUT2D eigenvalue weighted by Crippen LogP contribution is -2.39. The molecule has 0 aromatic rings. The van der Waals surface area contributed by atoms with E-state index in [1.165, 1.54) is 6.42 Å². The molecule has 1 fully saturated rings. The number of nitrogens with zero attached hydrogens (tertiary/aromatic N) is 1. The van der Waals surface area contributed by atoms with Crippen LogP contribution < -0.4 is 0 Å². The summed E-state index contributed by atoms with van der Waals surface area (Å²) in [6.07, 6.45) is 2.35. The molecule has 1 heterocycles. The standard InChI is InChI=1S/C8H14BrNO2/c9-4-7-2-1-3-10(5-7)6-8(11)12/h7H,1-6H2,(H,11,12). The van der Waals surface area contributed by atoms with Crippen molar-refractivity contribution in [1.29, 1.82) is 0 Å². The topological polar surface area (TPSA) is 40.5 Å². The largest absolute Gasteiger partial charge is 0.480 e. The number of rotatable bonds is 3. The molecule has 70 valence electrons. The quantitative estimate of drug-likeness (QED) is 0.748. The zero-order valence-electron chi connectivity index (χ0n) is 7.00. The van der Waals surface area contributed by atoms with Crippen molar-refractivity contribution in [3.63, 3.8) is 0 Å². The first-order valence-corrected chi connectivity index (χ1v) is 5.34. The van der Waals surface area contributed by atoms with Gasteiger partial charge < -0.3 is 5.11 Å². The van der Waals surface area contributed by atoms with Crippen LogP contribution in [0.25, 0.3) is 0 Å². The maximum atomic E-state index is 10.4. The van der Waals surface area contributed by atoms with Crippen LogP contribution in [-0.2, 0) is 4.79 Å². The molecule has 0 bridgehead atoms. The number of halogens is 1. The average Bonchev–Trinajstić information content (AvgIpc) is 2.03. The van der Waals surface area contributed by atoms with E-state index in [9.17, 15) is 4.79 Å². The van der Waals surface area contributed by atoms with Crippen molar-refractivity contribution in [1.82, 2.24) is 4.90 Å². The van der Waals surface area contributed by atoms with Gasteiger partial charge in [0.2, 0.25) is 0 Å². The number of alkyl halides is 1. The molecule has 12 heavy (non-hydrogen) atoms. The van der Waals surface area contributed by atoms with Gasteiger partial charge in [-0.15, -0.1) is 0 Å². The zero-order chi connectivity index (χ0) is 8.97. The van der Waals surface area contributed by atoms with Crippen molar-refractivity contribution in [2.45, 2.75) is 12.8 Å². The molecule has 0 spiro atoms. The molecule has 0 amide bonds. The minimum Gasteiger partial charge on any atom is -0.480 e. The Morgan fingerprint density at radius 3 is 3.00 bits per heavy atom. The summed E-state index contributed by atoms with van der Waals surface area (Å²) in [5, 5.41) is 9.56. The van der Waals surface area contributed by atoms with Gasteiger partial charge in [0.05, 0.1) is 6.54 Å². The summed E-state index contributed by atoms with van der Waals surface area (Å²) in [5.41, 5.74) is 0. The molecule has 0 aromatic heterocycles. The Morgan fingerprint density at radius 2 is 2.42 bits per heavy atom. The predicted octanol–water partition coefficient (Wildman–Crippen LogP) is 1.18. The third-order valence-corrected chi connectivity index (χ3v) is 3.10. The van der Waals surface area contributed by atoms with E-state index in [0.29, 0.717) is 5.92 Å². The number of carboxylic acids is 1. The highest BCUT2D eigenvalue weighted by Gasteiger charge is 2.19. The first-order valence-electron chi connectivity index (χ1n) is 4.22.